The summed E-state index contributed by atoms with van der Waals surface area (Å²) >= 11 is 0. The van der Waals surface area contributed by atoms with Crippen molar-refractivity contribution in [1.29, 1.82) is 0 Å². The molecule has 0 saturated carbocycles. The molecule has 2 heterocycles. The van der Waals surface area contributed by atoms with Crippen LogP contribution in [-0.2, 0) is 4.79 Å². The predicted octanol–water partition coefficient (Wildman–Crippen LogP) is 4.20. The first-order valence-corrected chi connectivity index (χ1v) is 8.92. The summed E-state index contributed by atoms with van der Waals surface area (Å²) in [6.07, 6.45) is 2.44. The fourth-order valence-electron chi connectivity index (χ4n) is 3.62. The fraction of sp³-hybridized carbons (Fsp3) is 0.333. The molecule has 4 nitrogen and oxygen atoms in total. The number of hydrogen-bond donors (Lipinski definition) is 1. The Morgan fingerprint density at radius 1 is 1.20 bits per heavy atom. The lowest BCUT2D eigenvalue weighted by Gasteiger charge is -2.18. The third-order valence-electron chi connectivity index (χ3n) is 4.84. The molecule has 0 spiro atoms. The van der Waals surface area contributed by atoms with Crippen molar-refractivity contribution in [3.8, 4) is 11.3 Å². The van der Waals surface area contributed by atoms with Crippen molar-refractivity contribution in [3.05, 3.63) is 54.5 Å². The summed E-state index contributed by atoms with van der Waals surface area (Å²) in [5, 5.41) is 2.45. The lowest BCUT2D eigenvalue weighted by molar-refractivity contribution is -0.128. The molecule has 4 heteroatoms. The molecule has 1 fully saturated rings. The number of likely N-dealkylation sites (tertiary alicyclic amines) is 1. The highest BCUT2D eigenvalue weighted by atomic mass is 16.2. The first-order chi connectivity index (χ1) is 12.1. The average molecular weight is 333 g/mol. The number of fused-ring (bicyclic) bond motifs is 1. The van der Waals surface area contributed by atoms with E-state index in [4.69, 9.17) is 0 Å². The Kier molecular flexibility index (Phi) is 4.04. The van der Waals surface area contributed by atoms with Gasteiger partial charge in [-0.2, -0.15) is 0 Å². The normalized spacial score (nSPS) is 17.8. The minimum atomic E-state index is 0.167. The standard InChI is InChI=1S/C21H23N3O/c1-14(2)12-24-13-18(10-20(24)25)21-22-11-19(23-21)17-8-7-15-5-3-4-6-16(15)9-17/h3-9,11,14,18H,10,12-13H2,1-2H3,(H,22,23)/t18-/m0/s1. The summed E-state index contributed by atoms with van der Waals surface area (Å²) in [6.45, 7) is 5.88. The number of nitrogens with zero attached hydrogens (tertiary/aromatic N) is 2. The van der Waals surface area contributed by atoms with Gasteiger partial charge in [0.1, 0.15) is 5.82 Å². The van der Waals surface area contributed by atoms with Crippen molar-refractivity contribution in [2.24, 2.45) is 5.92 Å². The molecular formula is C21H23N3O. The van der Waals surface area contributed by atoms with Gasteiger partial charge in [0.15, 0.2) is 0 Å². The van der Waals surface area contributed by atoms with E-state index >= 15 is 0 Å². The second-order valence-corrected chi connectivity index (χ2v) is 7.34. The average Bonchev–Trinajstić information content (AvgIpc) is 3.22. The molecule has 0 radical (unpaired) electrons. The van der Waals surface area contributed by atoms with Crippen molar-refractivity contribution in [3.63, 3.8) is 0 Å². The number of aromatic nitrogens is 2. The molecule has 128 valence electrons. The SMILES string of the molecule is CC(C)CN1C[C@@H](c2ncc(-c3ccc4ccccc4c3)[nH]2)CC1=O. The van der Waals surface area contributed by atoms with Crippen LogP contribution >= 0.6 is 0 Å². The van der Waals surface area contributed by atoms with Gasteiger partial charge in [-0.25, -0.2) is 4.98 Å². The van der Waals surface area contributed by atoms with E-state index in [0.717, 1.165) is 30.2 Å². The van der Waals surface area contributed by atoms with Crippen LogP contribution < -0.4 is 0 Å². The third-order valence-corrected chi connectivity index (χ3v) is 4.84. The Labute approximate surface area is 147 Å². The molecular weight excluding hydrogens is 310 g/mol. The van der Waals surface area contributed by atoms with Gasteiger partial charge in [0.25, 0.3) is 0 Å². The van der Waals surface area contributed by atoms with E-state index in [2.05, 4.69) is 66.3 Å². The zero-order valence-electron chi connectivity index (χ0n) is 14.7. The molecule has 1 aliphatic rings. The van der Waals surface area contributed by atoms with Gasteiger partial charge in [-0.3, -0.25) is 4.79 Å². The molecule has 1 atom stereocenters. The molecule has 1 amide bonds. The number of imidazole rings is 1. The van der Waals surface area contributed by atoms with E-state index in [1.54, 1.807) is 0 Å². The van der Waals surface area contributed by atoms with Gasteiger partial charge in [0.05, 0.1) is 11.9 Å². The van der Waals surface area contributed by atoms with Crippen molar-refractivity contribution in [2.75, 3.05) is 13.1 Å². The summed E-state index contributed by atoms with van der Waals surface area (Å²) in [5.41, 5.74) is 2.14. The highest BCUT2D eigenvalue weighted by Gasteiger charge is 2.32. The first kappa shape index (κ1) is 15.9. The minimum absolute atomic E-state index is 0.167. The van der Waals surface area contributed by atoms with Crippen molar-refractivity contribution in [2.45, 2.75) is 26.2 Å². The van der Waals surface area contributed by atoms with Gasteiger partial charge in [-0.1, -0.05) is 50.2 Å². The van der Waals surface area contributed by atoms with E-state index < -0.39 is 0 Å². The summed E-state index contributed by atoms with van der Waals surface area (Å²) in [4.78, 5) is 22.2. The zero-order chi connectivity index (χ0) is 17.4. The Balaban J connectivity index is 1.56. The number of rotatable bonds is 4. The molecule has 4 rings (SSSR count). The van der Waals surface area contributed by atoms with Crippen molar-refractivity contribution >= 4 is 16.7 Å². The first-order valence-electron chi connectivity index (χ1n) is 8.92. The third kappa shape index (κ3) is 3.16. The largest absolute Gasteiger partial charge is 0.342 e. The Hall–Kier alpha value is -2.62. The topological polar surface area (TPSA) is 49.0 Å². The van der Waals surface area contributed by atoms with Crippen LogP contribution in [0.1, 0.15) is 32.0 Å². The fourth-order valence-corrected chi connectivity index (χ4v) is 3.62. The van der Waals surface area contributed by atoms with Crippen LogP contribution in [0, 0.1) is 5.92 Å². The summed E-state index contributed by atoms with van der Waals surface area (Å²) in [5.74, 6) is 1.82. The second kappa shape index (κ2) is 6.36. The highest BCUT2D eigenvalue weighted by molar-refractivity contribution is 5.86. The van der Waals surface area contributed by atoms with Gasteiger partial charge < -0.3 is 9.88 Å². The number of carbonyl (C=O) groups is 1. The van der Waals surface area contributed by atoms with Gasteiger partial charge in [0.2, 0.25) is 5.91 Å². The maximum absolute atomic E-state index is 12.2. The number of benzene rings is 2. The monoisotopic (exact) mass is 333 g/mol. The van der Waals surface area contributed by atoms with E-state index in [1.165, 1.54) is 10.8 Å². The number of amides is 1. The van der Waals surface area contributed by atoms with Gasteiger partial charge in [0, 0.05) is 31.0 Å². The molecule has 1 saturated heterocycles. The Morgan fingerprint density at radius 2 is 2.00 bits per heavy atom. The van der Waals surface area contributed by atoms with Crippen LogP contribution in [0.15, 0.2) is 48.7 Å². The molecule has 0 unspecified atom stereocenters. The van der Waals surface area contributed by atoms with Crippen LogP contribution in [0.5, 0.6) is 0 Å². The molecule has 0 bridgehead atoms. The number of H-pyrrole nitrogens is 1. The maximum atomic E-state index is 12.2. The highest BCUT2D eigenvalue weighted by Crippen LogP contribution is 2.29. The van der Waals surface area contributed by atoms with Crippen LogP contribution in [-0.4, -0.2) is 33.9 Å². The molecule has 2 aromatic carbocycles. The van der Waals surface area contributed by atoms with Crippen molar-refractivity contribution < 1.29 is 4.79 Å². The summed E-state index contributed by atoms with van der Waals surface area (Å²) in [7, 11) is 0. The second-order valence-electron chi connectivity index (χ2n) is 7.34. The van der Waals surface area contributed by atoms with E-state index in [9.17, 15) is 4.79 Å². The number of hydrogen-bond acceptors (Lipinski definition) is 2. The molecule has 25 heavy (non-hydrogen) atoms. The quantitative estimate of drug-likeness (QED) is 0.778. The van der Waals surface area contributed by atoms with Crippen LogP contribution in [0.2, 0.25) is 0 Å². The van der Waals surface area contributed by atoms with E-state index in [1.807, 2.05) is 11.1 Å². The molecule has 3 aromatic rings. The maximum Gasteiger partial charge on any atom is 0.223 e. The van der Waals surface area contributed by atoms with Gasteiger partial charge >= 0.3 is 0 Å². The van der Waals surface area contributed by atoms with Crippen LogP contribution in [0.25, 0.3) is 22.0 Å². The lowest BCUT2D eigenvalue weighted by atomic mass is 10.1. The van der Waals surface area contributed by atoms with Crippen LogP contribution in [0.3, 0.4) is 0 Å². The zero-order valence-corrected chi connectivity index (χ0v) is 14.7. The van der Waals surface area contributed by atoms with Crippen molar-refractivity contribution in [1.82, 2.24) is 14.9 Å². The lowest BCUT2D eigenvalue weighted by Crippen LogP contribution is -2.29. The number of nitrogens with one attached hydrogen (secondary N) is 1. The molecule has 0 aliphatic carbocycles. The predicted molar refractivity (Wildman–Crippen MR) is 100 cm³/mol. The van der Waals surface area contributed by atoms with Gasteiger partial charge in [-0.15, -0.1) is 0 Å². The summed E-state index contributed by atoms with van der Waals surface area (Å²) in [6, 6.07) is 14.8. The Bertz CT molecular complexity index is 912. The number of aromatic amines is 1. The number of carbonyl (C=O) groups excluding carboxylic acids is 1. The Morgan fingerprint density at radius 3 is 2.80 bits per heavy atom. The molecule has 1 aromatic heterocycles. The smallest absolute Gasteiger partial charge is 0.223 e. The molecule has 1 aliphatic heterocycles. The minimum Gasteiger partial charge on any atom is -0.342 e. The summed E-state index contributed by atoms with van der Waals surface area (Å²) < 4.78 is 0. The van der Waals surface area contributed by atoms with Gasteiger partial charge in [-0.05, 0) is 22.8 Å². The van der Waals surface area contributed by atoms with E-state index in [0.29, 0.717) is 12.3 Å². The molecule has 1 N–H and O–H groups in total. The van der Waals surface area contributed by atoms with Crippen LogP contribution in [0.4, 0.5) is 0 Å². The van der Waals surface area contributed by atoms with E-state index in [-0.39, 0.29) is 11.8 Å².